The Morgan fingerprint density at radius 2 is 2.38 bits per heavy atom. The molecule has 2 rings (SSSR count). The highest BCUT2D eigenvalue weighted by molar-refractivity contribution is 5.32. The lowest BCUT2D eigenvalue weighted by Gasteiger charge is -2.04. The highest BCUT2D eigenvalue weighted by atomic mass is 16.5. The minimum Gasteiger partial charge on any atom is -0.366 e. The van der Waals surface area contributed by atoms with Gasteiger partial charge in [0, 0.05) is 12.8 Å². The van der Waals surface area contributed by atoms with Crippen molar-refractivity contribution in [2.75, 3.05) is 6.61 Å². The minimum absolute atomic E-state index is 0.115. The number of hydrogen-bond donors (Lipinski definition) is 0. The maximum atomic E-state index is 5.45. The maximum Gasteiger partial charge on any atom is 0.118 e. The lowest BCUT2D eigenvalue weighted by atomic mass is 10.0. The summed E-state index contributed by atoms with van der Waals surface area (Å²) < 4.78 is 5.45. The molecule has 1 aromatic rings. The van der Waals surface area contributed by atoms with Crippen LogP contribution in [0.25, 0.3) is 0 Å². The lowest BCUT2D eigenvalue weighted by molar-refractivity contribution is 0.152. The Balaban J connectivity index is 2.11. The molecule has 1 fully saturated rings. The summed E-state index contributed by atoms with van der Waals surface area (Å²) in [6, 6.07) is 4.11. The first kappa shape index (κ1) is 11.2. The van der Waals surface area contributed by atoms with Gasteiger partial charge in [0.2, 0.25) is 0 Å². The highest BCUT2D eigenvalue weighted by Gasteiger charge is 2.11. The zero-order valence-electron chi connectivity index (χ0n) is 9.86. The van der Waals surface area contributed by atoms with Crippen molar-refractivity contribution in [3.8, 4) is 11.8 Å². The smallest absolute Gasteiger partial charge is 0.118 e. The molecule has 16 heavy (non-hydrogen) atoms. The van der Waals surface area contributed by atoms with Crippen molar-refractivity contribution in [1.29, 1.82) is 0 Å². The molecule has 2 heterocycles. The van der Waals surface area contributed by atoms with E-state index in [1.165, 1.54) is 5.56 Å². The molecule has 0 unspecified atom stereocenters. The van der Waals surface area contributed by atoms with Gasteiger partial charge in [-0.05, 0) is 42.4 Å². The van der Waals surface area contributed by atoms with Crippen LogP contribution in [0.4, 0.5) is 0 Å². The summed E-state index contributed by atoms with van der Waals surface area (Å²) in [7, 11) is 0. The zero-order chi connectivity index (χ0) is 11.4. The van der Waals surface area contributed by atoms with Gasteiger partial charge in [0.25, 0.3) is 0 Å². The molecule has 1 aliphatic rings. The fourth-order valence-electron chi connectivity index (χ4n) is 1.72. The van der Waals surface area contributed by atoms with Crippen molar-refractivity contribution in [2.45, 2.75) is 38.7 Å². The predicted octanol–water partition coefficient (Wildman–Crippen LogP) is 2.74. The van der Waals surface area contributed by atoms with Crippen LogP contribution in [-0.2, 0) is 4.74 Å². The van der Waals surface area contributed by atoms with Gasteiger partial charge in [0.15, 0.2) is 0 Å². The normalized spacial score (nSPS) is 19.6. The van der Waals surface area contributed by atoms with Gasteiger partial charge >= 0.3 is 0 Å². The van der Waals surface area contributed by atoms with Gasteiger partial charge in [-0.1, -0.05) is 19.8 Å². The van der Waals surface area contributed by atoms with Crippen LogP contribution in [0.15, 0.2) is 18.3 Å². The van der Waals surface area contributed by atoms with Gasteiger partial charge in [0.05, 0.1) is 0 Å². The molecule has 0 radical (unpaired) electrons. The molecule has 0 amide bonds. The highest BCUT2D eigenvalue weighted by Crippen LogP contribution is 2.14. The first-order valence-electron chi connectivity index (χ1n) is 5.85. The molecule has 0 aliphatic carbocycles. The van der Waals surface area contributed by atoms with E-state index in [0.29, 0.717) is 5.92 Å². The number of rotatable bonds is 1. The Labute approximate surface area is 97.0 Å². The summed E-state index contributed by atoms with van der Waals surface area (Å²) >= 11 is 0. The van der Waals surface area contributed by atoms with Gasteiger partial charge in [-0.15, -0.1) is 0 Å². The van der Waals surface area contributed by atoms with Crippen molar-refractivity contribution >= 4 is 0 Å². The fraction of sp³-hybridized carbons (Fsp3) is 0.500. The Hall–Kier alpha value is -1.33. The lowest BCUT2D eigenvalue weighted by Crippen LogP contribution is -2.00. The number of pyridine rings is 1. The summed E-state index contributed by atoms with van der Waals surface area (Å²) in [6.45, 7) is 5.19. The SMILES string of the molecule is CC(C)c1ccnc(C#C[C@@H]2CCCO2)c1. The van der Waals surface area contributed by atoms with Gasteiger partial charge in [-0.2, -0.15) is 0 Å². The Morgan fingerprint density at radius 1 is 1.50 bits per heavy atom. The average molecular weight is 215 g/mol. The van der Waals surface area contributed by atoms with E-state index >= 15 is 0 Å². The molecular weight excluding hydrogens is 198 g/mol. The third-order valence-corrected chi connectivity index (χ3v) is 2.74. The topological polar surface area (TPSA) is 22.1 Å². The van der Waals surface area contributed by atoms with E-state index in [1.807, 2.05) is 12.3 Å². The van der Waals surface area contributed by atoms with E-state index in [-0.39, 0.29) is 6.10 Å². The monoisotopic (exact) mass is 215 g/mol. The largest absolute Gasteiger partial charge is 0.366 e. The van der Waals surface area contributed by atoms with E-state index in [1.54, 1.807) is 0 Å². The molecule has 0 saturated carbocycles. The molecule has 1 aliphatic heterocycles. The van der Waals surface area contributed by atoms with Crippen LogP contribution in [0.3, 0.4) is 0 Å². The molecule has 1 aromatic heterocycles. The first-order valence-corrected chi connectivity index (χ1v) is 5.85. The zero-order valence-corrected chi connectivity index (χ0v) is 9.86. The third kappa shape index (κ3) is 2.84. The van der Waals surface area contributed by atoms with Crippen LogP contribution in [0.5, 0.6) is 0 Å². The molecule has 1 saturated heterocycles. The molecule has 2 heteroatoms. The second-order valence-corrected chi connectivity index (χ2v) is 4.40. The summed E-state index contributed by atoms with van der Waals surface area (Å²) in [4.78, 5) is 4.25. The fourth-order valence-corrected chi connectivity index (χ4v) is 1.72. The Morgan fingerprint density at radius 3 is 3.06 bits per heavy atom. The summed E-state index contributed by atoms with van der Waals surface area (Å²) in [5, 5.41) is 0. The predicted molar refractivity (Wildman–Crippen MR) is 64.2 cm³/mol. The third-order valence-electron chi connectivity index (χ3n) is 2.74. The van der Waals surface area contributed by atoms with Gasteiger partial charge in [0.1, 0.15) is 11.8 Å². The summed E-state index contributed by atoms with van der Waals surface area (Å²) in [6.07, 6.45) is 4.12. The van der Waals surface area contributed by atoms with E-state index in [0.717, 1.165) is 25.1 Å². The van der Waals surface area contributed by atoms with Crippen LogP contribution in [0.1, 0.15) is 43.9 Å². The molecular formula is C14H17NO. The molecule has 0 aromatic carbocycles. The van der Waals surface area contributed by atoms with E-state index in [9.17, 15) is 0 Å². The number of hydrogen-bond acceptors (Lipinski definition) is 2. The average Bonchev–Trinajstić information content (AvgIpc) is 2.79. The summed E-state index contributed by atoms with van der Waals surface area (Å²) in [5.41, 5.74) is 2.13. The van der Waals surface area contributed by atoms with Crippen LogP contribution < -0.4 is 0 Å². The molecule has 0 bridgehead atoms. The Kier molecular flexibility index (Phi) is 3.58. The maximum absolute atomic E-state index is 5.45. The molecule has 0 N–H and O–H groups in total. The molecule has 84 valence electrons. The number of aromatic nitrogens is 1. The van der Waals surface area contributed by atoms with Gasteiger partial charge in [-0.25, -0.2) is 4.98 Å². The second kappa shape index (κ2) is 5.14. The van der Waals surface area contributed by atoms with E-state index < -0.39 is 0 Å². The Bertz CT molecular complexity index is 408. The molecule has 2 nitrogen and oxygen atoms in total. The minimum atomic E-state index is 0.115. The van der Waals surface area contributed by atoms with Gasteiger partial charge < -0.3 is 4.74 Å². The van der Waals surface area contributed by atoms with Crippen molar-refractivity contribution in [2.24, 2.45) is 0 Å². The number of nitrogens with zero attached hydrogens (tertiary/aromatic N) is 1. The molecule has 0 spiro atoms. The van der Waals surface area contributed by atoms with Crippen molar-refractivity contribution < 1.29 is 4.74 Å². The van der Waals surface area contributed by atoms with E-state index in [4.69, 9.17) is 4.74 Å². The quantitative estimate of drug-likeness (QED) is 0.672. The standard InChI is InChI=1S/C14H17NO/c1-11(2)12-7-8-15-13(10-12)5-6-14-4-3-9-16-14/h7-8,10-11,14H,3-4,9H2,1-2H3/t14-/m0/s1. The first-order chi connectivity index (χ1) is 7.75. The van der Waals surface area contributed by atoms with Crippen LogP contribution in [0, 0.1) is 11.8 Å². The van der Waals surface area contributed by atoms with E-state index in [2.05, 4.69) is 36.7 Å². The van der Waals surface area contributed by atoms with Crippen molar-refractivity contribution in [3.05, 3.63) is 29.6 Å². The summed E-state index contributed by atoms with van der Waals surface area (Å²) in [5.74, 6) is 6.74. The second-order valence-electron chi connectivity index (χ2n) is 4.40. The van der Waals surface area contributed by atoms with Crippen LogP contribution >= 0.6 is 0 Å². The number of ether oxygens (including phenoxy) is 1. The molecule has 1 atom stereocenters. The van der Waals surface area contributed by atoms with Gasteiger partial charge in [-0.3, -0.25) is 0 Å². The van der Waals surface area contributed by atoms with Crippen molar-refractivity contribution in [1.82, 2.24) is 4.98 Å². The van der Waals surface area contributed by atoms with Crippen LogP contribution in [0.2, 0.25) is 0 Å². The van der Waals surface area contributed by atoms with Crippen molar-refractivity contribution in [3.63, 3.8) is 0 Å². The van der Waals surface area contributed by atoms with Crippen LogP contribution in [-0.4, -0.2) is 17.7 Å².